The molecule has 0 aliphatic heterocycles. The lowest BCUT2D eigenvalue weighted by Gasteiger charge is -2.17. The fraction of sp³-hybridized carbons (Fsp3) is 0.368. The van der Waals surface area contributed by atoms with Crippen LogP contribution in [0.2, 0.25) is 0 Å². The molecule has 0 fully saturated rings. The van der Waals surface area contributed by atoms with Gasteiger partial charge in [-0.05, 0) is 45.7 Å². The third-order valence-corrected chi connectivity index (χ3v) is 4.07. The molecule has 0 bridgehead atoms. The highest BCUT2D eigenvalue weighted by atomic mass is 16.4. The summed E-state index contributed by atoms with van der Waals surface area (Å²) in [5.41, 5.74) is 0.602. The number of nitrogens with one attached hydrogen (secondary N) is 2. The smallest absolute Gasteiger partial charge is 0.336 e. The Labute approximate surface area is 155 Å². The average Bonchev–Trinajstić information content (AvgIpc) is 2.50. The summed E-state index contributed by atoms with van der Waals surface area (Å²) in [5, 5.41) is 5.46. The molecule has 2 aromatic heterocycles. The lowest BCUT2D eigenvalue weighted by Crippen LogP contribution is -2.42. The van der Waals surface area contributed by atoms with Crippen LogP contribution < -0.4 is 21.9 Å². The number of rotatable bonds is 5. The zero-order chi connectivity index (χ0) is 20.3. The molecule has 0 aliphatic rings. The molecular weight excluding hydrogens is 352 g/mol. The molecule has 1 atom stereocenters. The van der Waals surface area contributed by atoms with E-state index in [0.717, 1.165) is 0 Å². The summed E-state index contributed by atoms with van der Waals surface area (Å²) in [6, 6.07) is 2.12. The van der Waals surface area contributed by atoms with Gasteiger partial charge in [0.2, 0.25) is 0 Å². The lowest BCUT2D eigenvalue weighted by molar-refractivity contribution is 0.0907. The standard InChI is InChI=1S/C19H22N2O6/c1-9-6-14(22)26-12(4)16(9)18(24)20-8-11(3)21-19(25)17-10(2)7-15(23)27-13(17)5/h6-7,11H,8H2,1-5H3,(H,20,24)(H,21,25)/t11-/m0/s1. The van der Waals surface area contributed by atoms with Crippen molar-refractivity contribution in [2.75, 3.05) is 6.54 Å². The van der Waals surface area contributed by atoms with Crippen molar-refractivity contribution in [3.05, 3.63) is 66.7 Å². The molecule has 8 nitrogen and oxygen atoms in total. The van der Waals surface area contributed by atoms with Crippen LogP contribution in [0.3, 0.4) is 0 Å². The molecule has 2 aromatic rings. The Morgan fingerprint density at radius 1 is 0.889 bits per heavy atom. The molecule has 0 unspecified atom stereocenters. The van der Waals surface area contributed by atoms with E-state index < -0.39 is 23.1 Å². The summed E-state index contributed by atoms with van der Waals surface area (Å²) in [5.74, 6) is -0.319. The first-order chi connectivity index (χ1) is 12.6. The average molecular weight is 374 g/mol. The van der Waals surface area contributed by atoms with E-state index in [4.69, 9.17) is 8.83 Å². The van der Waals surface area contributed by atoms with Crippen molar-refractivity contribution in [1.29, 1.82) is 0 Å². The third-order valence-electron chi connectivity index (χ3n) is 4.07. The van der Waals surface area contributed by atoms with Gasteiger partial charge in [-0.1, -0.05) is 0 Å². The molecule has 0 radical (unpaired) electrons. The highest BCUT2D eigenvalue weighted by Gasteiger charge is 2.19. The molecule has 2 heterocycles. The van der Waals surface area contributed by atoms with E-state index >= 15 is 0 Å². The van der Waals surface area contributed by atoms with E-state index in [1.807, 2.05) is 0 Å². The van der Waals surface area contributed by atoms with Crippen molar-refractivity contribution in [2.24, 2.45) is 0 Å². The van der Waals surface area contributed by atoms with Gasteiger partial charge in [0, 0.05) is 24.7 Å². The minimum atomic E-state index is -0.512. The van der Waals surface area contributed by atoms with E-state index in [1.54, 1.807) is 34.6 Å². The van der Waals surface area contributed by atoms with Crippen LogP contribution in [0.5, 0.6) is 0 Å². The van der Waals surface area contributed by atoms with Gasteiger partial charge in [-0.25, -0.2) is 9.59 Å². The molecular formula is C19H22N2O6. The monoisotopic (exact) mass is 374 g/mol. The summed E-state index contributed by atoms with van der Waals surface area (Å²) < 4.78 is 9.92. The molecule has 2 amide bonds. The highest BCUT2D eigenvalue weighted by molar-refractivity contribution is 5.97. The Balaban J connectivity index is 2.04. The van der Waals surface area contributed by atoms with Gasteiger partial charge in [-0.3, -0.25) is 9.59 Å². The topological polar surface area (TPSA) is 119 Å². The van der Waals surface area contributed by atoms with Gasteiger partial charge >= 0.3 is 11.3 Å². The first kappa shape index (κ1) is 20.2. The molecule has 0 saturated heterocycles. The van der Waals surface area contributed by atoms with Crippen LogP contribution in [0.1, 0.15) is 50.3 Å². The van der Waals surface area contributed by atoms with Crippen molar-refractivity contribution in [2.45, 2.75) is 40.7 Å². The number of amides is 2. The van der Waals surface area contributed by atoms with Gasteiger partial charge in [-0.15, -0.1) is 0 Å². The first-order valence-corrected chi connectivity index (χ1v) is 8.42. The van der Waals surface area contributed by atoms with Crippen molar-refractivity contribution in [3.8, 4) is 0 Å². The van der Waals surface area contributed by atoms with E-state index in [9.17, 15) is 19.2 Å². The van der Waals surface area contributed by atoms with Gasteiger partial charge in [0.05, 0.1) is 11.1 Å². The van der Waals surface area contributed by atoms with Crippen LogP contribution in [0.4, 0.5) is 0 Å². The molecule has 144 valence electrons. The van der Waals surface area contributed by atoms with Crippen molar-refractivity contribution >= 4 is 11.8 Å². The zero-order valence-electron chi connectivity index (χ0n) is 15.9. The second-order valence-electron chi connectivity index (χ2n) is 6.44. The summed E-state index contributed by atoms with van der Waals surface area (Å²) in [7, 11) is 0. The SMILES string of the molecule is Cc1cc(=O)oc(C)c1C(=O)NC[C@H](C)NC(=O)c1c(C)cc(=O)oc1C. The van der Waals surface area contributed by atoms with Gasteiger partial charge in [0.25, 0.3) is 11.8 Å². The molecule has 2 rings (SSSR count). The van der Waals surface area contributed by atoms with Gasteiger partial charge in [0.15, 0.2) is 0 Å². The number of aryl methyl sites for hydroxylation is 4. The minimum Gasteiger partial charge on any atom is -0.427 e. The van der Waals surface area contributed by atoms with Crippen LogP contribution in [0.15, 0.2) is 30.6 Å². The number of carbonyl (C=O) groups excluding carboxylic acids is 2. The van der Waals surface area contributed by atoms with Gasteiger partial charge in [0.1, 0.15) is 11.5 Å². The normalized spacial score (nSPS) is 11.7. The minimum absolute atomic E-state index is 0.164. The van der Waals surface area contributed by atoms with E-state index in [0.29, 0.717) is 22.3 Å². The van der Waals surface area contributed by atoms with Gasteiger partial charge < -0.3 is 19.5 Å². The predicted molar refractivity (Wildman–Crippen MR) is 98.2 cm³/mol. The van der Waals surface area contributed by atoms with Crippen LogP contribution in [0, 0.1) is 27.7 Å². The van der Waals surface area contributed by atoms with Crippen LogP contribution >= 0.6 is 0 Å². The highest BCUT2D eigenvalue weighted by Crippen LogP contribution is 2.12. The Morgan fingerprint density at radius 2 is 1.33 bits per heavy atom. The van der Waals surface area contributed by atoms with Crippen molar-refractivity contribution < 1.29 is 18.4 Å². The molecule has 0 aliphatic carbocycles. The van der Waals surface area contributed by atoms with E-state index in [1.165, 1.54) is 12.1 Å². The zero-order valence-corrected chi connectivity index (χ0v) is 15.9. The Bertz CT molecular complexity index is 950. The number of hydrogen-bond acceptors (Lipinski definition) is 6. The Hall–Kier alpha value is -3.16. The maximum atomic E-state index is 12.4. The quantitative estimate of drug-likeness (QED) is 0.816. The van der Waals surface area contributed by atoms with Crippen molar-refractivity contribution in [1.82, 2.24) is 10.6 Å². The molecule has 27 heavy (non-hydrogen) atoms. The lowest BCUT2D eigenvalue weighted by atomic mass is 10.1. The Morgan fingerprint density at radius 3 is 1.78 bits per heavy atom. The fourth-order valence-corrected chi connectivity index (χ4v) is 2.88. The fourth-order valence-electron chi connectivity index (χ4n) is 2.88. The molecule has 8 heteroatoms. The summed E-state index contributed by atoms with van der Waals surface area (Å²) in [4.78, 5) is 47.4. The summed E-state index contributed by atoms with van der Waals surface area (Å²) >= 11 is 0. The molecule has 0 saturated carbocycles. The van der Waals surface area contributed by atoms with E-state index in [2.05, 4.69) is 10.6 Å². The second-order valence-corrected chi connectivity index (χ2v) is 6.44. The maximum absolute atomic E-state index is 12.4. The summed E-state index contributed by atoms with van der Waals surface area (Å²) in [6.45, 7) is 8.29. The first-order valence-electron chi connectivity index (χ1n) is 8.42. The summed E-state index contributed by atoms with van der Waals surface area (Å²) in [6.07, 6.45) is 0. The largest absolute Gasteiger partial charge is 0.427 e. The third kappa shape index (κ3) is 4.72. The molecule has 2 N–H and O–H groups in total. The predicted octanol–water partition coefficient (Wildman–Crippen LogP) is 1.37. The maximum Gasteiger partial charge on any atom is 0.336 e. The van der Waals surface area contributed by atoms with Crippen LogP contribution in [-0.2, 0) is 0 Å². The van der Waals surface area contributed by atoms with Crippen LogP contribution in [-0.4, -0.2) is 24.4 Å². The second kappa shape index (κ2) is 8.03. The van der Waals surface area contributed by atoms with Gasteiger partial charge in [-0.2, -0.15) is 0 Å². The van der Waals surface area contributed by atoms with E-state index in [-0.39, 0.29) is 24.1 Å². The van der Waals surface area contributed by atoms with Crippen molar-refractivity contribution in [3.63, 3.8) is 0 Å². The number of carbonyl (C=O) groups is 2. The molecule has 0 aromatic carbocycles. The molecule has 0 spiro atoms. The Kier molecular flexibility index (Phi) is 5.99. The number of hydrogen-bond donors (Lipinski definition) is 2. The van der Waals surface area contributed by atoms with Crippen LogP contribution in [0.25, 0.3) is 0 Å².